The van der Waals surface area contributed by atoms with Gasteiger partial charge in [0.1, 0.15) is 11.4 Å². The van der Waals surface area contributed by atoms with Gasteiger partial charge in [0.15, 0.2) is 6.61 Å². The topological polar surface area (TPSA) is 115 Å². The van der Waals surface area contributed by atoms with Gasteiger partial charge in [-0.2, -0.15) is 0 Å². The van der Waals surface area contributed by atoms with E-state index in [4.69, 9.17) is 24.1 Å². The average molecular weight is 465 g/mol. The molecule has 184 valence electrons. The van der Waals surface area contributed by atoms with Crippen molar-refractivity contribution < 1.29 is 33.6 Å². The molecule has 1 amide bonds. The van der Waals surface area contributed by atoms with E-state index >= 15 is 0 Å². The predicted octanol–water partition coefficient (Wildman–Crippen LogP) is 3.03. The van der Waals surface area contributed by atoms with Crippen LogP contribution in [0.4, 0.5) is 4.79 Å². The van der Waals surface area contributed by atoms with E-state index in [0.29, 0.717) is 19.0 Å². The van der Waals surface area contributed by atoms with Gasteiger partial charge < -0.3 is 34.7 Å². The molecular formula is C24H36N2O7. The Morgan fingerprint density at radius 1 is 1.21 bits per heavy atom. The molecule has 2 fully saturated rings. The number of carbonyl (C=O) groups is 2. The summed E-state index contributed by atoms with van der Waals surface area (Å²) >= 11 is 0. The molecule has 2 aliphatic rings. The number of ether oxygens (including phenoxy) is 4. The first-order valence-electron chi connectivity index (χ1n) is 11.6. The minimum Gasteiger partial charge on any atom is -0.482 e. The molecule has 2 aliphatic heterocycles. The summed E-state index contributed by atoms with van der Waals surface area (Å²) in [4.78, 5) is 23.0. The first kappa shape index (κ1) is 25.3. The van der Waals surface area contributed by atoms with Crippen LogP contribution in [0.1, 0.15) is 58.1 Å². The number of carboxylic acid groups (broad SMARTS) is 1. The Balaban J connectivity index is 1.47. The van der Waals surface area contributed by atoms with Crippen molar-refractivity contribution in [1.82, 2.24) is 10.6 Å². The summed E-state index contributed by atoms with van der Waals surface area (Å²) in [7, 11) is 0. The second-order valence-corrected chi connectivity index (χ2v) is 9.53. The van der Waals surface area contributed by atoms with Crippen molar-refractivity contribution >= 4 is 12.1 Å². The van der Waals surface area contributed by atoms with Gasteiger partial charge in [0.05, 0.1) is 31.5 Å². The predicted molar refractivity (Wildman–Crippen MR) is 121 cm³/mol. The lowest BCUT2D eigenvalue weighted by atomic mass is 9.98. The molecular weight excluding hydrogens is 428 g/mol. The lowest BCUT2D eigenvalue weighted by Crippen LogP contribution is -2.56. The van der Waals surface area contributed by atoms with Gasteiger partial charge >= 0.3 is 12.1 Å². The van der Waals surface area contributed by atoms with Gasteiger partial charge in [-0.15, -0.1) is 0 Å². The summed E-state index contributed by atoms with van der Waals surface area (Å²) in [5, 5.41) is 15.3. The van der Waals surface area contributed by atoms with Crippen LogP contribution in [-0.4, -0.2) is 67.3 Å². The van der Waals surface area contributed by atoms with Gasteiger partial charge in [0.2, 0.25) is 0 Å². The number of amides is 1. The summed E-state index contributed by atoms with van der Waals surface area (Å²) < 4.78 is 23.0. The largest absolute Gasteiger partial charge is 0.482 e. The molecule has 33 heavy (non-hydrogen) atoms. The molecule has 3 rings (SSSR count). The fraction of sp³-hybridized carbons (Fsp3) is 0.667. The highest BCUT2D eigenvalue weighted by Gasteiger charge is 2.31. The molecule has 0 saturated carbocycles. The number of nitrogens with one attached hydrogen (secondary N) is 2. The molecule has 0 radical (unpaired) electrons. The van der Waals surface area contributed by atoms with E-state index in [9.17, 15) is 9.59 Å². The average Bonchev–Trinajstić information content (AvgIpc) is 2.76. The lowest BCUT2D eigenvalue weighted by molar-refractivity contribution is -0.139. The van der Waals surface area contributed by atoms with Crippen LogP contribution in [0.25, 0.3) is 0 Å². The fourth-order valence-electron chi connectivity index (χ4n) is 4.12. The number of para-hydroxylation sites is 1. The Labute approximate surface area is 195 Å². The van der Waals surface area contributed by atoms with Gasteiger partial charge in [0.25, 0.3) is 0 Å². The number of carbonyl (C=O) groups excluding carboxylic acids is 1. The molecule has 2 heterocycles. The maximum absolute atomic E-state index is 12.2. The van der Waals surface area contributed by atoms with Crippen molar-refractivity contribution in [1.29, 1.82) is 0 Å². The zero-order chi connectivity index (χ0) is 23.8. The normalized spacial score (nSPS) is 25.8. The maximum Gasteiger partial charge on any atom is 0.407 e. The highest BCUT2D eigenvalue weighted by atomic mass is 16.6. The van der Waals surface area contributed by atoms with Crippen LogP contribution in [0.2, 0.25) is 0 Å². The standard InChI is InChI=1S/C24H36N2O7/c1-24(2,3)33-23(29)26-18-8-6-12-25-19(18)14-30-16-10-11-21(31-13-16)17-7-4-5-9-20(17)32-15-22(27)28/h4-5,7,9,16,18-19,21,25H,6,8,10-15H2,1-3H3,(H,26,29)(H,27,28)/t16-,18?,19?,21-/m0/s1. The van der Waals surface area contributed by atoms with Gasteiger partial charge in [-0.3, -0.25) is 0 Å². The van der Waals surface area contributed by atoms with E-state index in [-0.39, 0.29) is 30.9 Å². The molecule has 2 saturated heterocycles. The van der Waals surface area contributed by atoms with Crippen LogP contribution in [-0.2, 0) is 19.0 Å². The van der Waals surface area contributed by atoms with Crippen LogP contribution < -0.4 is 15.4 Å². The number of benzene rings is 1. The molecule has 9 heteroatoms. The van der Waals surface area contributed by atoms with Crippen LogP contribution in [0.3, 0.4) is 0 Å². The van der Waals surface area contributed by atoms with Crippen molar-refractivity contribution in [3.63, 3.8) is 0 Å². The van der Waals surface area contributed by atoms with E-state index in [1.54, 1.807) is 6.07 Å². The Kier molecular flexibility index (Phi) is 8.94. The zero-order valence-corrected chi connectivity index (χ0v) is 19.7. The summed E-state index contributed by atoms with van der Waals surface area (Å²) in [5.74, 6) is -0.481. The number of hydrogen-bond donors (Lipinski definition) is 3. The molecule has 1 aromatic carbocycles. The van der Waals surface area contributed by atoms with Gasteiger partial charge in [-0.1, -0.05) is 18.2 Å². The molecule has 0 aliphatic carbocycles. The van der Waals surface area contributed by atoms with E-state index < -0.39 is 17.7 Å². The third-order valence-electron chi connectivity index (χ3n) is 5.65. The van der Waals surface area contributed by atoms with Crippen LogP contribution in [0.5, 0.6) is 5.75 Å². The minimum absolute atomic E-state index is 0.00846. The molecule has 2 unspecified atom stereocenters. The van der Waals surface area contributed by atoms with Crippen molar-refractivity contribution in [2.75, 3.05) is 26.4 Å². The molecule has 1 aromatic rings. The summed E-state index contributed by atoms with van der Waals surface area (Å²) in [6, 6.07) is 7.33. The summed E-state index contributed by atoms with van der Waals surface area (Å²) in [5.41, 5.74) is 0.318. The van der Waals surface area contributed by atoms with Crippen LogP contribution in [0.15, 0.2) is 24.3 Å². The summed E-state index contributed by atoms with van der Waals surface area (Å²) in [6.45, 7) is 6.95. The quantitative estimate of drug-likeness (QED) is 0.538. The second kappa shape index (κ2) is 11.7. The number of aliphatic carboxylic acids is 1. The highest BCUT2D eigenvalue weighted by molar-refractivity contribution is 5.68. The highest BCUT2D eigenvalue weighted by Crippen LogP contribution is 2.34. The van der Waals surface area contributed by atoms with Crippen molar-refractivity contribution in [3.05, 3.63) is 29.8 Å². The maximum atomic E-state index is 12.2. The number of piperidine rings is 1. The number of rotatable bonds is 8. The molecule has 3 N–H and O–H groups in total. The number of hydrogen-bond acceptors (Lipinski definition) is 7. The van der Waals surface area contributed by atoms with E-state index in [2.05, 4.69) is 10.6 Å². The first-order chi connectivity index (χ1) is 15.7. The van der Waals surface area contributed by atoms with Gasteiger partial charge in [0, 0.05) is 11.6 Å². The zero-order valence-electron chi connectivity index (χ0n) is 19.7. The van der Waals surface area contributed by atoms with Crippen LogP contribution in [0, 0.1) is 0 Å². The Morgan fingerprint density at radius 3 is 2.70 bits per heavy atom. The molecule has 0 aromatic heterocycles. The van der Waals surface area contributed by atoms with E-state index in [1.165, 1.54) is 0 Å². The van der Waals surface area contributed by atoms with Crippen molar-refractivity contribution in [3.8, 4) is 5.75 Å². The fourth-order valence-corrected chi connectivity index (χ4v) is 4.12. The SMILES string of the molecule is CC(C)(C)OC(=O)NC1CCCNC1CO[C@H]1CC[C@@H](c2ccccc2OCC(=O)O)OC1. The van der Waals surface area contributed by atoms with Gasteiger partial charge in [-0.25, -0.2) is 9.59 Å². The lowest BCUT2D eigenvalue weighted by Gasteiger charge is -2.36. The Morgan fingerprint density at radius 2 is 2.00 bits per heavy atom. The van der Waals surface area contributed by atoms with Crippen molar-refractivity contribution in [2.24, 2.45) is 0 Å². The molecule has 0 spiro atoms. The van der Waals surface area contributed by atoms with Gasteiger partial charge in [-0.05, 0) is 59.1 Å². The first-order valence-corrected chi connectivity index (χ1v) is 11.6. The van der Waals surface area contributed by atoms with E-state index in [1.807, 2.05) is 39.0 Å². The summed E-state index contributed by atoms with van der Waals surface area (Å²) in [6.07, 6.45) is 2.80. The monoisotopic (exact) mass is 464 g/mol. The molecule has 4 atom stereocenters. The Hall–Kier alpha value is -2.36. The second-order valence-electron chi connectivity index (χ2n) is 9.53. The third-order valence-corrected chi connectivity index (χ3v) is 5.65. The molecule has 0 bridgehead atoms. The van der Waals surface area contributed by atoms with Crippen LogP contribution >= 0.6 is 0 Å². The molecule has 9 nitrogen and oxygen atoms in total. The third kappa shape index (κ3) is 8.17. The smallest absolute Gasteiger partial charge is 0.407 e. The van der Waals surface area contributed by atoms with Crippen molar-refractivity contribution in [2.45, 2.75) is 76.3 Å². The number of carboxylic acids is 1. The minimum atomic E-state index is -1.02. The number of alkyl carbamates (subject to hydrolysis) is 1. The van der Waals surface area contributed by atoms with E-state index in [0.717, 1.165) is 37.8 Å². The Bertz CT molecular complexity index is 787.